The first kappa shape index (κ1) is 103. The fourth-order valence-electron chi connectivity index (χ4n) is 13.5. The van der Waals surface area contributed by atoms with E-state index < -0.39 is 97.5 Å². The Labute approximate surface area is 645 Å². The zero-order valence-electron chi connectivity index (χ0n) is 68.9. The minimum absolute atomic E-state index is 0.108. The SMILES string of the molecule is CCCCCCCCCCCCCCCCCCCCCCCC(=O)O[C@H](COC(=O)CCCCCCCCCCCCCCCCCCCCC)COP(=O)(O)OC[C@@H](O)COP(=O)(O)OC[C@@H](COC(=O)CCCCCCCCCCC(C)C)OC(=O)CCCCCCCCCCCCCCCC. The van der Waals surface area contributed by atoms with Crippen molar-refractivity contribution < 1.29 is 80.2 Å². The van der Waals surface area contributed by atoms with Crippen molar-refractivity contribution in [3.8, 4) is 0 Å². The molecular formula is C86H168O17P2. The van der Waals surface area contributed by atoms with E-state index >= 15 is 0 Å². The Kier molecular flexibility index (Phi) is 77.3. The molecule has 0 saturated heterocycles. The van der Waals surface area contributed by atoms with Gasteiger partial charge in [-0.2, -0.15) is 0 Å². The predicted molar refractivity (Wildman–Crippen MR) is 432 cm³/mol. The van der Waals surface area contributed by atoms with Crippen molar-refractivity contribution >= 4 is 39.5 Å². The maximum Gasteiger partial charge on any atom is 0.472 e. The van der Waals surface area contributed by atoms with Gasteiger partial charge in [0.2, 0.25) is 0 Å². The lowest BCUT2D eigenvalue weighted by Gasteiger charge is -2.21. The van der Waals surface area contributed by atoms with E-state index in [9.17, 15) is 43.2 Å². The molecule has 0 heterocycles. The third-order valence-corrected chi connectivity index (χ3v) is 22.2. The van der Waals surface area contributed by atoms with E-state index in [-0.39, 0.29) is 25.7 Å². The number of carbonyl (C=O) groups is 4. The summed E-state index contributed by atoms with van der Waals surface area (Å²) in [5.74, 6) is -1.37. The number of rotatable bonds is 86. The lowest BCUT2D eigenvalue weighted by Crippen LogP contribution is -2.30. The summed E-state index contributed by atoms with van der Waals surface area (Å²) < 4.78 is 68.9. The van der Waals surface area contributed by atoms with Crippen LogP contribution in [0.25, 0.3) is 0 Å². The molecule has 0 spiro atoms. The summed E-state index contributed by atoms with van der Waals surface area (Å²) in [5, 5.41) is 10.7. The van der Waals surface area contributed by atoms with Gasteiger partial charge in [0.15, 0.2) is 12.2 Å². The average molecular weight is 1540 g/mol. The number of unbranched alkanes of at least 4 members (excludes halogenated alkanes) is 58. The van der Waals surface area contributed by atoms with Crippen LogP contribution in [0.1, 0.15) is 465 Å². The molecule has 0 amide bonds. The molecule has 3 N–H and O–H groups in total. The normalized spacial score (nSPS) is 13.8. The molecule has 0 aliphatic carbocycles. The average Bonchev–Trinajstić information content (AvgIpc) is 1.35. The van der Waals surface area contributed by atoms with Gasteiger partial charge in [0.25, 0.3) is 0 Å². The van der Waals surface area contributed by atoms with Gasteiger partial charge < -0.3 is 33.8 Å². The van der Waals surface area contributed by atoms with Crippen LogP contribution in [0.2, 0.25) is 0 Å². The fraction of sp³-hybridized carbons (Fsp3) is 0.953. The molecule has 624 valence electrons. The first-order chi connectivity index (χ1) is 51.0. The highest BCUT2D eigenvalue weighted by molar-refractivity contribution is 7.47. The Hall–Kier alpha value is -1.94. The minimum atomic E-state index is -4.97. The zero-order chi connectivity index (χ0) is 76.9. The van der Waals surface area contributed by atoms with Crippen molar-refractivity contribution in [3.63, 3.8) is 0 Å². The molecule has 0 saturated carbocycles. The number of aliphatic hydroxyl groups excluding tert-OH is 1. The Morgan fingerprint density at radius 2 is 0.438 bits per heavy atom. The maximum atomic E-state index is 13.1. The summed E-state index contributed by atoms with van der Waals surface area (Å²) in [5.41, 5.74) is 0. The quantitative estimate of drug-likeness (QED) is 0.0222. The molecule has 19 heteroatoms. The molecule has 105 heavy (non-hydrogen) atoms. The first-order valence-electron chi connectivity index (χ1n) is 44.6. The van der Waals surface area contributed by atoms with Crippen LogP contribution in [-0.4, -0.2) is 96.7 Å². The maximum absolute atomic E-state index is 13.1. The molecule has 2 unspecified atom stereocenters. The standard InChI is InChI=1S/C86H168O17P2/c1-6-9-12-15-18-21-24-27-30-32-34-35-37-39-41-44-47-50-57-62-67-72-86(91)102-81(75-96-83(88)69-64-59-54-48-45-43-40-38-36-33-31-28-25-22-19-16-13-10-7-2)77-100-104(92,93)98-73-80(87)74-99-105(94,95)101-78-82(76-97-84(89)70-65-60-55-52-51-53-58-63-68-79(4)5)103-85(90)71-66-61-56-49-46-42-29-26-23-20-17-14-11-8-3/h79-82,87H,6-78H2,1-5H3,(H,92,93)(H,94,95)/t80-,81-,82-/m1/s1. The van der Waals surface area contributed by atoms with Gasteiger partial charge in [0.05, 0.1) is 26.4 Å². The Morgan fingerprint density at radius 3 is 0.648 bits per heavy atom. The first-order valence-corrected chi connectivity index (χ1v) is 47.6. The van der Waals surface area contributed by atoms with Crippen LogP contribution < -0.4 is 0 Å². The van der Waals surface area contributed by atoms with E-state index in [0.29, 0.717) is 25.7 Å². The van der Waals surface area contributed by atoms with E-state index in [2.05, 4.69) is 34.6 Å². The Bertz CT molecular complexity index is 2000. The van der Waals surface area contributed by atoms with Crippen LogP contribution >= 0.6 is 15.6 Å². The number of carbonyl (C=O) groups excluding carboxylic acids is 4. The monoisotopic (exact) mass is 1540 g/mol. The number of phosphoric ester groups is 2. The second-order valence-electron chi connectivity index (χ2n) is 31.4. The van der Waals surface area contributed by atoms with Gasteiger partial charge in [-0.3, -0.25) is 37.3 Å². The molecule has 17 nitrogen and oxygen atoms in total. The topological polar surface area (TPSA) is 237 Å². The third kappa shape index (κ3) is 79.9. The van der Waals surface area contributed by atoms with Crippen LogP contribution in [0.15, 0.2) is 0 Å². The molecule has 0 aromatic heterocycles. The lowest BCUT2D eigenvalue weighted by molar-refractivity contribution is -0.161. The summed E-state index contributed by atoms with van der Waals surface area (Å²) in [7, 11) is -9.93. The molecule has 0 rings (SSSR count). The van der Waals surface area contributed by atoms with Crippen LogP contribution in [0.5, 0.6) is 0 Å². The summed E-state index contributed by atoms with van der Waals surface area (Å²) in [4.78, 5) is 73.2. The fourth-order valence-corrected chi connectivity index (χ4v) is 15.1. The molecule has 0 aromatic rings. The highest BCUT2D eigenvalue weighted by atomic mass is 31.2. The highest BCUT2D eigenvalue weighted by Crippen LogP contribution is 2.45. The summed E-state index contributed by atoms with van der Waals surface area (Å²) in [6, 6.07) is 0. The highest BCUT2D eigenvalue weighted by Gasteiger charge is 2.30. The van der Waals surface area contributed by atoms with E-state index in [1.54, 1.807) is 0 Å². The Morgan fingerprint density at radius 1 is 0.257 bits per heavy atom. The molecule has 0 radical (unpaired) electrons. The number of hydrogen-bond donors (Lipinski definition) is 3. The molecule has 0 aliphatic heterocycles. The summed E-state index contributed by atoms with van der Waals surface area (Å²) in [6.45, 7) is 7.33. The van der Waals surface area contributed by atoms with Crippen molar-refractivity contribution in [1.82, 2.24) is 0 Å². The van der Waals surface area contributed by atoms with Gasteiger partial charge in [0.1, 0.15) is 19.3 Å². The zero-order valence-corrected chi connectivity index (χ0v) is 70.7. The van der Waals surface area contributed by atoms with Crippen LogP contribution in [-0.2, 0) is 65.4 Å². The number of esters is 4. The van der Waals surface area contributed by atoms with Gasteiger partial charge >= 0.3 is 39.5 Å². The van der Waals surface area contributed by atoms with Crippen LogP contribution in [0.3, 0.4) is 0 Å². The molecular weight excluding hydrogens is 1370 g/mol. The van der Waals surface area contributed by atoms with E-state index in [0.717, 1.165) is 95.8 Å². The van der Waals surface area contributed by atoms with Crippen LogP contribution in [0, 0.1) is 5.92 Å². The molecule has 5 atom stereocenters. The smallest absolute Gasteiger partial charge is 0.462 e. The van der Waals surface area contributed by atoms with Gasteiger partial charge in [-0.15, -0.1) is 0 Å². The van der Waals surface area contributed by atoms with Gasteiger partial charge in [-0.05, 0) is 31.6 Å². The van der Waals surface area contributed by atoms with E-state index in [1.165, 1.54) is 289 Å². The van der Waals surface area contributed by atoms with Crippen molar-refractivity contribution in [1.29, 1.82) is 0 Å². The van der Waals surface area contributed by atoms with Crippen LogP contribution in [0.4, 0.5) is 0 Å². The summed E-state index contributed by atoms with van der Waals surface area (Å²) in [6.07, 6.45) is 72.3. The number of ether oxygens (including phenoxy) is 4. The second kappa shape index (κ2) is 78.7. The predicted octanol–water partition coefficient (Wildman–Crippen LogP) is 26.4. The van der Waals surface area contributed by atoms with Gasteiger partial charge in [-0.1, -0.05) is 413 Å². The molecule has 0 aliphatic rings. The molecule has 0 fully saturated rings. The van der Waals surface area contributed by atoms with Crippen molar-refractivity contribution in [3.05, 3.63) is 0 Å². The van der Waals surface area contributed by atoms with Crippen molar-refractivity contribution in [2.75, 3.05) is 39.6 Å². The number of aliphatic hydroxyl groups is 1. The number of phosphoric acid groups is 2. The van der Waals surface area contributed by atoms with E-state index in [1.807, 2.05) is 0 Å². The van der Waals surface area contributed by atoms with Gasteiger partial charge in [0, 0.05) is 25.7 Å². The molecule has 0 bridgehead atoms. The third-order valence-electron chi connectivity index (χ3n) is 20.3. The largest absolute Gasteiger partial charge is 0.472 e. The van der Waals surface area contributed by atoms with E-state index in [4.69, 9.17) is 37.0 Å². The number of hydrogen-bond acceptors (Lipinski definition) is 15. The Balaban J connectivity index is 5.23. The van der Waals surface area contributed by atoms with Gasteiger partial charge in [-0.25, -0.2) is 9.13 Å². The summed E-state index contributed by atoms with van der Waals surface area (Å²) >= 11 is 0. The lowest BCUT2D eigenvalue weighted by atomic mass is 10.0. The molecule has 0 aromatic carbocycles. The van der Waals surface area contributed by atoms with Crippen molar-refractivity contribution in [2.45, 2.75) is 483 Å². The minimum Gasteiger partial charge on any atom is -0.462 e. The second-order valence-corrected chi connectivity index (χ2v) is 34.3. The van der Waals surface area contributed by atoms with Crippen molar-refractivity contribution in [2.24, 2.45) is 5.92 Å².